The molecule has 0 unspecified atom stereocenters. The summed E-state index contributed by atoms with van der Waals surface area (Å²) in [6.45, 7) is 31.7. The Kier molecular flexibility index (Phi) is 8.24. The molecule has 0 fully saturated rings. The molecule has 306 valence electrons. The van der Waals surface area contributed by atoms with Crippen molar-refractivity contribution in [3.63, 3.8) is 0 Å². The SMILES string of the molecule is Cc1cc2c(cc1N(c1ccc3c(c1)C(C)(C)c1ccccc1-3)c1cc3c(cc1-c1ccc4c(c1)C(C)(C)CCC4(C)C)-c1ccccc1C3(C)C)C(C)(C)CCC2(C)C. The van der Waals surface area contributed by atoms with Gasteiger partial charge in [0.25, 0.3) is 0 Å². The highest BCUT2D eigenvalue weighted by atomic mass is 15.1. The molecule has 0 radical (unpaired) electrons. The van der Waals surface area contributed by atoms with Crippen molar-refractivity contribution in [2.24, 2.45) is 0 Å². The van der Waals surface area contributed by atoms with Crippen molar-refractivity contribution in [1.29, 1.82) is 0 Å². The van der Waals surface area contributed by atoms with E-state index in [2.05, 4.69) is 204 Å². The number of rotatable bonds is 4. The molecule has 60 heavy (non-hydrogen) atoms. The van der Waals surface area contributed by atoms with E-state index < -0.39 is 0 Å². The predicted molar refractivity (Wildman–Crippen MR) is 257 cm³/mol. The largest absolute Gasteiger partial charge is 0.310 e. The van der Waals surface area contributed by atoms with Crippen LogP contribution in [-0.2, 0) is 32.5 Å². The molecular weight excluding hydrogens is 723 g/mol. The van der Waals surface area contributed by atoms with Crippen LogP contribution in [0.4, 0.5) is 17.1 Å². The highest BCUT2D eigenvalue weighted by Crippen LogP contribution is 2.57. The fourth-order valence-corrected chi connectivity index (χ4v) is 12.1. The quantitative estimate of drug-likeness (QED) is 0.172. The Morgan fingerprint density at radius 1 is 0.350 bits per heavy atom. The van der Waals surface area contributed by atoms with Gasteiger partial charge in [0.2, 0.25) is 0 Å². The van der Waals surface area contributed by atoms with Gasteiger partial charge in [-0.15, -0.1) is 0 Å². The molecule has 6 aromatic carbocycles. The molecule has 4 aliphatic carbocycles. The summed E-state index contributed by atoms with van der Waals surface area (Å²) in [5.74, 6) is 0. The molecule has 0 amide bonds. The van der Waals surface area contributed by atoms with Crippen LogP contribution in [-0.4, -0.2) is 0 Å². The molecule has 0 bridgehead atoms. The first-order chi connectivity index (χ1) is 28.1. The van der Waals surface area contributed by atoms with Crippen LogP contribution in [0, 0.1) is 6.92 Å². The molecule has 0 atom stereocenters. The number of hydrogen-bond acceptors (Lipinski definition) is 1. The Morgan fingerprint density at radius 3 is 1.42 bits per heavy atom. The third-order valence-electron chi connectivity index (χ3n) is 16.3. The van der Waals surface area contributed by atoms with Gasteiger partial charge in [0.05, 0.1) is 5.69 Å². The molecule has 0 saturated carbocycles. The maximum Gasteiger partial charge on any atom is 0.0543 e. The molecule has 0 heterocycles. The van der Waals surface area contributed by atoms with E-state index in [1.807, 2.05) is 0 Å². The van der Waals surface area contributed by atoms with Crippen molar-refractivity contribution in [2.45, 2.75) is 148 Å². The summed E-state index contributed by atoms with van der Waals surface area (Å²) in [6, 6.07) is 43.4. The number of fused-ring (bicyclic) bond motifs is 8. The van der Waals surface area contributed by atoms with Gasteiger partial charge < -0.3 is 4.90 Å². The minimum absolute atomic E-state index is 0.0713. The minimum Gasteiger partial charge on any atom is -0.310 e. The van der Waals surface area contributed by atoms with Crippen LogP contribution < -0.4 is 4.90 Å². The molecule has 4 aliphatic rings. The first kappa shape index (κ1) is 39.3. The van der Waals surface area contributed by atoms with E-state index in [1.165, 1.54) is 126 Å². The zero-order valence-corrected chi connectivity index (χ0v) is 38.7. The number of aryl methyl sites for hydroxylation is 1. The normalized spacial score (nSPS) is 19.9. The number of benzene rings is 6. The average molecular weight is 788 g/mol. The maximum atomic E-state index is 2.68. The van der Waals surface area contributed by atoms with Gasteiger partial charge in [-0.3, -0.25) is 0 Å². The summed E-state index contributed by atoms with van der Waals surface area (Å²) in [7, 11) is 0. The summed E-state index contributed by atoms with van der Waals surface area (Å²) in [5, 5.41) is 0. The maximum absolute atomic E-state index is 2.68. The smallest absolute Gasteiger partial charge is 0.0543 e. The third-order valence-corrected chi connectivity index (χ3v) is 16.3. The number of hydrogen-bond donors (Lipinski definition) is 0. The number of anilines is 3. The molecule has 0 aliphatic heterocycles. The van der Waals surface area contributed by atoms with Gasteiger partial charge in [-0.25, -0.2) is 0 Å². The second-order valence-corrected chi connectivity index (χ2v) is 22.8. The summed E-state index contributed by atoms with van der Waals surface area (Å²) in [4.78, 5) is 2.68. The van der Waals surface area contributed by atoms with Crippen molar-refractivity contribution in [1.82, 2.24) is 0 Å². The first-order valence-corrected chi connectivity index (χ1v) is 22.8. The minimum atomic E-state index is -0.148. The van der Waals surface area contributed by atoms with Crippen LogP contribution in [0.5, 0.6) is 0 Å². The van der Waals surface area contributed by atoms with E-state index >= 15 is 0 Å². The zero-order valence-electron chi connectivity index (χ0n) is 38.7. The lowest BCUT2D eigenvalue weighted by Crippen LogP contribution is -2.34. The van der Waals surface area contributed by atoms with Crippen molar-refractivity contribution >= 4 is 17.1 Å². The fraction of sp³-hybridized carbons (Fsp3) is 0.390. The van der Waals surface area contributed by atoms with Gasteiger partial charge in [0.15, 0.2) is 0 Å². The van der Waals surface area contributed by atoms with Crippen LogP contribution in [0.15, 0.2) is 109 Å². The van der Waals surface area contributed by atoms with E-state index in [-0.39, 0.29) is 32.5 Å². The highest BCUT2D eigenvalue weighted by molar-refractivity contribution is 5.96. The molecule has 1 heteroatoms. The van der Waals surface area contributed by atoms with Crippen molar-refractivity contribution < 1.29 is 0 Å². The highest BCUT2D eigenvalue weighted by Gasteiger charge is 2.42. The molecule has 0 saturated heterocycles. The standard InChI is InChI=1S/C59H65N/c1-36-30-49-51(57(8,9)29-28-55(49,4)5)35-52(36)60(38-23-24-41-39-18-14-16-20-44(39)58(10,11)47(41)32-38)53-34-48-43(40-19-15-17-21-45(40)59(48,12)13)33-42(53)37-22-25-46-50(31-37)56(6,7)27-26-54(46,2)3/h14-25,30-35H,26-29H2,1-13H3. The topological polar surface area (TPSA) is 3.24 Å². The Bertz CT molecular complexity index is 2780. The summed E-state index contributed by atoms with van der Waals surface area (Å²) in [6.07, 6.45) is 4.78. The van der Waals surface area contributed by atoms with E-state index in [0.717, 1.165) is 0 Å². The number of nitrogens with zero attached hydrogens (tertiary/aromatic N) is 1. The summed E-state index contributed by atoms with van der Waals surface area (Å²) >= 11 is 0. The third kappa shape index (κ3) is 5.56. The van der Waals surface area contributed by atoms with Crippen LogP contribution in [0.3, 0.4) is 0 Å². The monoisotopic (exact) mass is 788 g/mol. The lowest BCUT2D eigenvalue weighted by Gasteiger charge is -2.43. The van der Waals surface area contributed by atoms with Gasteiger partial charge in [0.1, 0.15) is 0 Å². The Labute approximate surface area is 361 Å². The van der Waals surface area contributed by atoms with Crippen LogP contribution >= 0.6 is 0 Å². The van der Waals surface area contributed by atoms with Crippen molar-refractivity contribution in [3.8, 4) is 33.4 Å². The Hall–Kier alpha value is -4.88. The lowest BCUT2D eigenvalue weighted by molar-refractivity contribution is 0.332. The van der Waals surface area contributed by atoms with Gasteiger partial charge in [0, 0.05) is 27.8 Å². The van der Waals surface area contributed by atoms with Crippen molar-refractivity contribution in [3.05, 3.63) is 159 Å². The van der Waals surface area contributed by atoms with E-state index in [9.17, 15) is 0 Å². The van der Waals surface area contributed by atoms with Gasteiger partial charge in [-0.05, 0) is 162 Å². The Morgan fingerprint density at radius 2 is 0.817 bits per heavy atom. The predicted octanol–water partition coefficient (Wildman–Crippen LogP) is 16.4. The average Bonchev–Trinajstić information content (AvgIpc) is 3.57. The first-order valence-electron chi connectivity index (χ1n) is 22.8. The van der Waals surface area contributed by atoms with Gasteiger partial charge in [-0.1, -0.05) is 162 Å². The van der Waals surface area contributed by atoms with Crippen LogP contribution in [0.1, 0.15) is 159 Å². The second kappa shape index (κ2) is 12.6. The van der Waals surface area contributed by atoms with Gasteiger partial charge in [-0.2, -0.15) is 0 Å². The summed E-state index contributed by atoms with van der Waals surface area (Å²) in [5.41, 5.74) is 24.9. The van der Waals surface area contributed by atoms with E-state index in [4.69, 9.17) is 0 Å². The van der Waals surface area contributed by atoms with E-state index in [1.54, 1.807) is 0 Å². The molecule has 0 aromatic heterocycles. The molecule has 0 spiro atoms. The molecule has 10 rings (SSSR count). The fourth-order valence-electron chi connectivity index (χ4n) is 12.1. The van der Waals surface area contributed by atoms with Gasteiger partial charge >= 0.3 is 0 Å². The second-order valence-electron chi connectivity index (χ2n) is 22.8. The zero-order chi connectivity index (χ0) is 42.5. The van der Waals surface area contributed by atoms with Crippen molar-refractivity contribution in [2.75, 3.05) is 4.90 Å². The molecule has 1 nitrogen and oxygen atoms in total. The summed E-state index contributed by atoms with van der Waals surface area (Å²) < 4.78 is 0. The van der Waals surface area contributed by atoms with Crippen LogP contribution in [0.25, 0.3) is 33.4 Å². The molecular formula is C59H65N. The van der Waals surface area contributed by atoms with Crippen LogP contribution in [0.2, 0.25) is 0 Å². The van der Waals surface area contributed by atoms with E-state index in [0.29, 0.717) is 0 Å². The molecule has 0 N–H and O–H groups in total. The lowest BCUT2D eigenvalue weighted by atomic mass is 9.62. The Balaban J connectivity index is 1.31. The molecule has 6 aromatic rings.